The topological polar surface area (TPSA) is 67.8 Å². The Labute approximate surface area is 170 Å². The highest BCUT2D eigenvalue weighted by Crippen LogP contribution is 2.36. The summed E-state index contributed by atoms with van der Waals surface area (Å²) in [5.41, 5.74) is 5.11. The highest BCUT2D eigenvalue weighted by Gasteiger charge is 2.22. The van der Waals surface area contributed by atoms with E-state index in [-0.39, 0.29) is 6.17 Å². The van der Waals surface area contributed by atoms with Gasteiger partial charge in [0.25, 0.3) is 0 Å². The maximum Gasteiger partial charge on any atom is 0.136 e. The molecule has 0 fully saturated rings. The molecule has 2 N–H and O–H groups in total. The van der Waals surface area contributed by atoms with Crippen LogP contribution in [0.5, 0.6) is 5.75 Å². The minimum Gasteiger partial charge on any atom is -0.491 e. The molecule has 1 aliphatic rings. The smallest absolute Gasteiger partial charge is 0.136 e. The van der Waals surface area contributed by atoms with Gasteiger partial charge in [-0.3, -0.25) is 10.3 Å². The third-order valence-corrected chi connectivity index (χ3v) is 4.82. The number of para-hydroxylation sites is 1. The van der Waals surface area contributed by atoms with Gasteiger partial charge in [-0.25, -0.2) is 4.99 Å². The predicted octanol–water partition coefficient (Wildman–Crippen LogP) is 3.67. The van der Waals surface area contributed by atoms with Crippen LogP contribution in [-0.2, 0) is 4.74 Å². The van der Waals surface area contributed by atoms with E-state index < -0.39 is 0 Å². The fourth-order valence-electron chi connectivity index (χ4n) is 3.37. The first kappa shape index (κ1) is 19.1. The molecule has 0 bridgehead atoms. The Kier molecular flexibility index (Phi) is 5.84. The number of nitrogens with one attached hydrogen (secondary N) is 2. The summed E-state index contributed by atoms with van der Waals surface area (Å²) in [5.74, 6) is 1.65. The van der Waals surface area contributed by atoms with Gasteiger partial charge < -0.3 is 14.8 Å². The van der Waals surface area contributed by atoms with E-state index in [1.165, 1.54) is 0 Å². The summed E-state index contributed by atoms with van der Waals surface area (Å²) in [5, 5.41) is 6.80. The maximum atomic E-state index is 5.91. The van der Waals surface area contributed by atoms with Crippen molar-refractivity contribution >= 4 is 11.5 Å². The number of hydrogen-bond acceptors (Lipinski definition) is 6. The van der Waals surface area contributed by atoms with Crippen molar-refractivity contribution < 1.29 is 9.47 Å². The van der Waals surface area contributed by atoms with Crippen LogP contribution >= 0.6 is 0 Å². The normalized spacial score (nSPS) is 15.2. The number of ether oxygens (including phenoxy) is 2. The summed E-state index contributed by atoms with van der Waals surface area (Å²) >= 11 is 0. The van der Waals surface area contributed by atoms with Crippen molar-refractivity contribution in [3.05, 3.63) is 78.1 Å². The zero-order valence-electron chi connectivity index (χ0n) is 16.6. The quantitative estimate of drug-likeness (QED) is 0.605. The van der Waals surface area contributed by atoms with Crippen LogP contribution in [0.2, 0.25) is 0 Å². The molecule has 2 aromatic carbocycles. The molecule has 0 radical (unpaired) electrons. The number of hydrogen-bond donors (Lipinski definition) is 2. The van der Waals surface area contributed by atoms with E-state index in [2.05, 4.69) is 39.9 Å². The van der Waals surface area contributed by atoms with E-state index in [4.69, 9.17) is 14.5 Å². The van der Waals surface area contributed by atoms with Crippen LogP contribution in [0.3, 0.4) is 0 Å². The molecular weight excluding hydrogens is 364 g/mol. The molecule has 0 amide bonds. The Balaban J connectivity index is 1.70. The average Bonchev–Trinajstić information content (AvgIpc) is 2.79. The molecule has 1 unspecified atom stereocenters. The standard InChI is InChI=1S/C23H24N4O2/c1-24-23-19-14-16(18-7-3-4-8-21(18)29-13-12-28-2)9-10-20(19)26-22(27-23)17-6-5-11-25-15-17/h3-11,14-15,23-24H,12-13H2,1-2H3,(H,26,27). The minimum atomic E-state index is -0.0563. The van der Waals surface area contributed by atoms with E-state index in [9.17, 15) is 0 Å². The molecule has 1 aromatic heterocycles. The van der Waals surface area contributed by atoms with Gasteiger partial charge in [-0.05, 0) is 42.9 Å². The van der Waals surface area contributed by atoms with Gasteiger partial charge in [0.2, 0.25) is 0 Å². The lowest BCUT2D eigenvalue weighted by Crippen LogP contribution is -2.39. The second-order valence-corrected chi connectivity index (χ2v) is 6.68. The molecule has 2 heterocycles. The van der Waals surface area contributed by atoms with Crippen LogP contribution in [0, 0.1) is 0 Å². The van der Waals surface area contributed by atoms with Gasteiger partial charge in [-0.15, -0.1) is 0 Å². The van der Waals surface area contributed by atoms with E-state index in [1.54, 1.807) is 13.3 Å². The molecule has 6 nitrogen and oxygen atoms in total. The van der Waals surface area contributed by atoms with Crippen molar-refractivity contribution in [1.29, 1.82) is 0 Å². The summed E-state index contributed by atoms with van der Waals surface area (Å²) in [6.07, 6.45) is 3.51. The predicted molar refractivity (Wildman–Crippen MR) is 115 cm³/mol. The lowest BCUT2D eigenvalue weighted by Gasteiger charge is -2.27. The lowest BCUT2D eigenvalue weighted by atomic mass is 9.98. The Morgan fingerprint density at radius 2 is 1.93 bits per heavy atom. The number of aliphatic imine (C=N–C) groups is 1. The summed E-state index contributed by atoms with van der Waals surface area (Å²) in [6.45, 7) is 1.06. The van der Waals surface area contributed by atoms with E-state index >= 15 is 0 Å². The number of aromatic nitrogens is 1. The number of nitrogens with zero attached hydrogens (tertiary/aromatic N) is 2. The zero-order valence-corrected chi connectivity index (χ0v) is 16.6. The zero-order chi connectivity index (χ0) is 20.1. The molecule has 1 aliphatic heterocycles. The maximum absolute atomic E-state index is 5.91. The van der Waals surface area contributed by atoms with Crippen LogP contribution in [0.15, 0.2) is 72.0 Å². The van der Waals surface area contributed by atoms with Gasteiger partial charge >= 0.3 is 0 Å². The molecule has 4 rings (SSSR count). The number of amidine groups is 1. The second kappa shape index (κ2) is 8.86. The summed E-state index contributed by atoms with van der Waals surface area (Å²) < 4.78 is 11.0. The molecule has 1 atom stereocenters. The van der Waals surface area contributed by atoms with Gasteiger partial charge in [-0.1, -0.05) is 24.3 Å². The van der Waals surface area contributed by atoms with Crippen molar-refractivity contribution in [2.24, 2.45) is 4.99 Å². The van der Waals surface area contributed by atoms with Gasteiger partial charge in [0.05, 0.1) is 12.3 Å². The van der Waals surface area contributed by atoms with Crippen molar-refractivity contribution in [1.82, 2.24) is 15.6 Å². The van der Waals surface area contributed by atoms with Crippen LogP contribution in [0.1, 0.15) is 17.3 Å². The Morgan fingerprint density at radius 1 is 1.03 bits per heavy atom. The van der Waals surface area contributed by atoms with Crippen LogP contribution in [-0.4, -0.2) is 38.2 Å². The monoisotopic (exact) mass is 388 g/mol. The molecule has 148 valence electrons. The molecule has 0 spiro atoms. The van der Waals surface area contributed by atoms with Gasteiger partial charge in [0, 0.05) is 36.2 Å². The van der Waals surface area contributed by atoms with E-state index in [1.807, 2.05) is 43.6 Å². The SMILES string of the molecule is CNC1NC(c2cccnc2)=Nc2ccc(-c3ccccc3OCCOC)cc21. The Bertz CT molecular complexity index is 1000. The van der Waals surface area contributed by atoms with E-state index in [0.717, 1.165) is 39.5 Å². The highest BCUT2D eigenvalue weighted by atomic mass is 16.5. The first-order valence-electron chi connectivity index (χ1n) is 9.58. The third-order valence-electron chi connectivity index (χ3n) is 4.82. The molecule has 29 heavy (non-hydrogen) atoms. The largest absolute Gasteiger partial charge is 0.491 e. The summed E-state index contributed by atoms with van der Waals surface area (Å²) in [4.78, 5) is 9.01. The van der Waals surface area contributed by atoms with Crippen LogP contribution < -0.4 is 15.4 Å². The van der Waals surface area contributed by atoms with Crippen molar-refractivity contribution in [2.45, 2.75) is 6.17 Å². The van der Waals surface area contributed by atoms with Crippen molar-refractivity contribution in [3.63, 3.8) is 0 Å². The summed E-state index contributed by atoms with van der Waals surface area (Å²) in [7, 11) is 3.60. The van der Waals surface area contributed by atoms with Gasteiger partial charge in [-0.2, -0.15) is 0 Å². The van der Waals surface area contributed by atoms with Crippen LogP contribution in [0.25, 0.3) is 11.1 Å². The minimum absolute atomic E-state index is 0.0563. The number of pyridine rings is 1. The number of rotatable bonds is 7. The molecule has 0 saturated heterocycles. The first-order valence-corrected chi connectivity index (χ1v) is 9.58. The summed E-state index contributed by atoms with van der Waals surface area (Å²) in [6, 6.07) is 18.3. The fraction of sp³-hybridized carbons (Fsp3) is 0.217. The average molecular weight is 388 g/mol. The van der Waals surface area contributed by atoms with Crippen molar-refractivity contribution in [2.75, 3.05) is 27.4 Å². The van der Waals surface area contributed by atoms with Gasteiger partial charge in [0.1, 0.15) is 24.4 Å². The fourth-order valence-corrected chi connectivity index (χ4v) is 3.37. The first-order chi connectivity index (χ1) is 14.3. The number of benzene rings is 2. The van der Waals surface area contributed by atoms with Gasteiger partial charge in [0.15, 0.2) is 0 Å². The van der Waals surface area contributed by atoms with E-state index in [0.29, 0.717) is 13.2 Å². The second-order valence-electron chi connectivity index (χ2n) is 6.68. The molecule has 6 heteroatoms. The Morgan fingerprint density at radius 3 is 2.72 bits per heavy atom. The number of methoxy groups -OCH3 is 1. The molecule has 3 aromatic rings. The van der Waals surface area contributed by atoms with Crippen molar-refractivity contribution in [3.8, 4) is 16.9 Å². The van der Waals surface area contributed by atoms with Crippen LogP contribution in [0.4, 0.5) is 5.69 Å². The highest BCUT2D eigenvalue weighted by molar-refractivity contribution is 6.01. The lowest BCUT2D eigenvalue weighted by molar-refractivity contribution is 0.146. The number of fused-ring (bicyclic) bond motifs is 1. The molecule has 0 aliphatic carbocycles. The molecular formula is C23H24N4O2. The Hall–Kier alpha value is -3.22. The molecule has 0 saturated carbocycles. The third kappa shape index (κ3) is 4.13.